The quantitative estimate of drug-likeness (QED) is 0.653. The number of hydrogen-bond acceptors (Lipinski definition) is 8. The van der Waals surface area contributed by atoms with Crippen LogP contribution in [0.1, 0.15) is 12.7 Å². The van der Waals surface area contributed by atoms with Crippen LogP contribution in [0.5, 0.6) is 0 Å². The van der Waals surface area contributed by atoms with Gasteiger partial charge in [0.2, 0.25) is 16.3 Å². The second-order valence-corrected chi connectivity index (χ2v) is 6.67. The highest BCUT2D eigenvalue weighted by Gasteiger charge is 2.08. The van der Waals surface area contributed by atoms with Crippen LogP contribution in [0.4, 0.5) is 17.6 Å². The second-order valence-electron chi connectivity index (χ2n) is 5.09. The molecular formula is C17H17N5OS2. The number of benzene rings is 2. The highest BCUT2D eigenvalue weighted by atomic mass is 32.2. The number of aromatic nitrogens is 3. The summed E-state index contributed by atoms with van der Waals surface area (Å²) in [5.41, 5.74) is 6.68. The first-order valence-electron chi connectivity index (χ1n) is 7.70. The van der Waals surface area contributed by atoms with Gasteiger partial charge in [0.15, 0.2) is 0 Å². The van der Waals surface area contributed by atoms with Crippen LogP contribution >= 0.6 is 24.0 Å². The van der Waals surface area contributed by atoms with Crippen LogP contribution in [-0.4, -0.2) is 25.9 Å². The highest BCUT2D eigenvalue weighted by molar-refractivity contribution is 8.22. The predicted octanol–water partition coefficient (Wildman–Crippen LogP) is 3.91. The number of rotatable bonds is 5. The molecule has 0 fully saturated rings. The zero-order chi connectivity index (χ0) is 17.6. The van der Waals surface area contributed by atoms with E-state index in [1.165, 1.54) is 17.1 Å². The Labute approximate surface area is 155 Å². The molecule has 0 radical (unpaired) electrons. The fourth-order valence-electron chi connectivity index (χ4n) is 2.24. The minimum Gasteiger partial charge on any atom is -0.479 e. The van der Waals surface area contributed by atoms with Crippen LogP contribution in [0.25, 0.3) is 10.8 Å². The number of thiocarbonyl (C=S) groups is 1. The van der Waals surface area contributed by atoms with E-state index in [0.717, 1.165) is 11.1 Å². The van der Waals surface area contributed by atoms with Crippen molar-refractivity contribution >= 4 is 56.7 Å². The number of fused-ring (bicyclic) bond motifs is 1. The molecule has 3 rings (SSSR count). The summed E-state index contributed by atoms with van der Waals surface area (Å²) in [6.07, 6.45) is 0. The largest absolute Gasteiger partial charge is 0.479 e. The number of nitrogen functional groups attached to an aromatic ring is 1. The van der Waals surface area contributed by atoms with E-state index < -0.39 is 0 Å². The van der Waals surface area contributed by atoms with Gasteiger partial charge in [0.05, 0.1) is 12.4 Å². The normalized spacial score (nSPS) is 10.6. The fourth-order valence-corrected chi connectivity index (χ4v) is 3.11. The Bertz CT molecular complexity index is 903. The van der Waals surface area contributed by atoms with Crippen molar-refractivity contribution in [1.82, 2.24) is 15.0 Å². The molecule has 8 heteroatoms. The first-order chi connectivity index (χ1) is 12.1. The number of nitrogens with one attached hydrogen (secondary N) is 1. The Morgan fingerprint density at radius 3 is 2.76 bits per heavy atom. The van der Waals surface area contributed by atoms with Crippen molar-refractivity contribution < 1.29 is 4.74 Å². The summed E-state index contributed by atoms with van der Waals surface area (Å²) in [6, 6.07) is 14.2. The summed E-state index contributed by atoms with van der Waals surface area (Å²) >= 11 is 6.44. The SMILES string of the molecule is CCOC(=S)SCc1nc(N)nc(Nc2ccc3ccccc3c2)n1. The zero-order valence-corrected chi connectivity index (χ0v) is 15.2. The van der Waals surface area contributed by atoms with Gasteiger partial charge < -0.3 is 15.8 Å². The molecule has 128 valence electrons. The predicted molar refractivity (Wildman–Crippen MR) is 107 cm³/mol. The smallest absolute Gasteiger partial charge is 0.232 e. The maximum Gasteiger partial charge on any atom is 0.232 e. The molecule has 2 aromatic carbocycles. The lowest BCUT2D eigenvalue weighted by atomic mass is 10.1. The van der Waals surface area contributed by atoms with Gasteiger partial charge in [0.25, 0.3) is 0 Å². The van der Waals surface area contributed by atoms with E-state index in [9.17, 15) is 0 Å². The van der Waals surface area contributed by atoms with E-state index in [2.05, 4.69) is 32.4 Å². The topological polar surface area (TPSA) is 86.0 Å². The Hall–Kier alpha value is -2.45. The average Bonchev–Trinajstić information content (AvgIpc) is 2.60. The maximum atomic E-state index is 5.79. The molecule has 0 atom stereocenters. The van der Waals surface area contributed by atoms with Crippen LogP contribution < -0.4 is 11.1 Å². The van der Waals surface area contributed by atoms with E-state index in [4.69, 9.17) is 22.7 Å². The maximum absolute atomic E-state index is 5.79. The Kier molecular flexibility index (Phi) is 5.62. The number of nitrogens with two attached hydrogens (primary N) is 1. The van der Waals surface area contributed by atoms with Gasteiger partial charge >= 0.3 is 0 Å². The van der Waals surface area contributed by atoms with Gasteiger partial charge in [-0.25, -0.2) is 0 Å². The first-order valence-corrected chi connectivity index (χ1v) is 9.09. The van der Waals surface area contributed by atoms with Crippen LogP contribution in [0, 0.1) is 0 Å². The number of ether oxygens (including phenoxy) is 1. The van der Waals surface area contributed by atoms with Crippen molar-refractivity contribution in [3.63, 3.8) is 0 Å². The van der Waals surface area contributed by atoms with Gasteiger partial charge in [-0.05, 0) is 42.0 Å². The Morgan fingerprint density at radius 2 is 1.96 bits per heavy atom. The van der Waals surface area contributed by atoms with Gasteiger partial charge in [0, 0.05) is 5.69 Å². The molecule has 3 aromatic rings. The molecule has 0 saturated heterocycles. The molecule has 0 spiro atoms. The van der Waals surface area contributed by atoms with E-state index in [-0.39, 0.29) is 5.95 Å². The van der Waals surface area contributed by atoms with Crippen molar-refractivity contribution in [1.29, 1.82) is 0 Å². The lowest BCUT2D eigenvalue weighted by Gasteiger charge is -2.08. The molecule has 0 aliphatic heterocycles. The van der Waals surface area contributed by atoms with E-state index in [1.807, 2.05) is 37.3 Å². The molecule has 25 heavy (non-hydrogen) atoms. The number of nitrogens with zero attached hydrogens (tertiary/aromatic N) is 3. The summed E-state index contributed by atoms with van der Waals surface area (Å²) in [5.74, 6) is 1.58. The van der Waals surface area contributed by atoms with Gasteiger partial charge in [-0.1, -0.05) is 42.1 Å². The van der Waals surface area contributed by atoms with Crippen LogP contribution in [0.3, 0.4) is 0 Å². The van der Waals surface area contributed by atoms with Gasteiger partial charge in [0.1, 0.15) is 5.82 Å². The van der Waals surface area contributed by atoms with Crippen molar-refractivity contribution in [3.05, 3.63) is 48.3 Å². The van der Waals surface area contributed by atoms with Gasteiger partial charge in [-0.3, -0.25) is 0 Å². The molecule has 1 aromatic heterocycles. The summed E-state index contributed by atoms with van der Waals surface area (Å²) in [5, 5.41) is 5.48. The molecule has 0 aliphatic carbocycles. The van der Waals surface area contributed by atoms with Gasteiger partial charge in [-0.15, -0.1) is 0 Å². The standard InChI is InChI=1S/C17H17N5OS2/c1-2-23-17(24)25-10-14-20-15(18)22-16(21-14)19-13-8-7-11-5-3-4-6-12(11)9-13/h3-9H,2,10H2,1H3,(H3,18,19,20,21,22). The lowest BCUT2D eigenvalue weighted by molar-refractivity contribution is 0.346. The molecule has 6 nitrogen and oxygen atoms in total. The van der Waals surface area contributed by atoms with Crippen LogP contribution in [-0.2, 0) is 10.5 Å². The minimum absolute atomic E-state index is 0.163. The van der Waals surface area contributed by atoms with Gasteiger partial charge in [-0.2, -0.15) is 15.0 Å². The van der Waals surface area contributed by atoms with Crippen molar-refractivity contribution in [2.45, 2.75) is 12.7 Å². The summed E-state index contributed by atoms with van der Waals surface area (Å²) in [6.45, 7) is 2.43. The fraction of sp³-hybridized carbons (Fsp3) is 0.176. The molecule has 0 aliphatic rings. The molecular weight excluding hydrogens is 354 g/mol. The summed E-state index contributed by atoms with van der Waals surface area (Å²) in [7, 11) is 0. The number of anilines is 3. The van der Waals surface area contributed by atoms with Crippen LogP contribution in [0.2, 0.25) is 0 Å². The van der Waals surface area contributed by atoms with Crippen LogP contribution in [0.15, 0.2) is 42.5 Å². The molecule has 0 saturated carbocycles. The number of hydrogen-bond donors (Lipinski definition) is 2. The molecule has 0 amide bonds. The Morgan fingerprint density at radius 1 is 1.16 bits per heavy atom. The Balaban J connectivity index is 1.76. The molecule has 0 bridgehead atoms. The first kappa shape index (κ1) is 17.4. The third kappa shape index (κ3) is 4.77. The third-order valence-electron chi connectivity index (χ3n) is 3.29. The van der Waals surface area contributed by atoms with E-state index >= 15 is 0 Å². The van der Waals surface area contributed by atoms with Crippen molar-refractivity contribution in [2.24, 2.45) is 0 Å². The highest BCUT2D eigenvalue weighted by Crippen LogP contribution is 2.21. The number of thioether (sulfide) groups is 1. The van der Waals surface area contributed by atoms with E-state index in [1.54, 1.807) is 0 Å². The molecule has 3 N–H and O–H groups in total. The van der Waals surface area contributed by atoms with Crippen molar-refractivity contribution in [2.75, 3.05) is 17.7 Å². The lowest BCUT2D eigenvalue weighted by Crippen LogP contribution is -2.07. The zero-order valence-electron chi connectivity index (χ0n) is 13.6. The second kappa shape index (κ2) is 8.09. The average molecular weight is 371 g/mol. The summed E-state index contributed by atoms with van der Waals surface area (Å²) in [4.78, 5) is 12.7. The molecule has 0 unspecified atom stereocenters. The monoisotopic (exact) mass is 371 g/mol. The third-order valence-corrected chi connectivity index (χ3v) is 4.51. The minimum atomic E-state index is 0.163. The summed E-state index contributed by atoms with van der Waals surface area (Å²) < 4.78 is 5.70. The van der Waals surface area contributed by atoms with Crippen molar-refractivity contribution in [3.8, 4) is 0 Å². The van der Waals surface area contributed by atoms with E-state index in [0.29, 0.717) is 28.5 Å². The molecule has 1 heterocycles.